The Morgan fingerprint density at radius 1 is 1.11 bits per heavy atom. The van der Waals surface area contributed by atoms with E-state index in [0.717, 1.165) is 28.7 Å². The molecule has 0 saturated carbocycles. The molecule has 6 nitrogen and oxygen atoms in total. The van der Waals surface area contributed by atoms with Crippen LogP contribution in [0.4, 0.5) is 4.39 Å². The van der Waals surface area contributed by atoms with E-state index < -0.39 is 0 Å². The molecule has 8 heteroatoms. The molecule has 4 aromatic rings. The molecule has 1 unspecified atom stereocenters. The van der Waals surface area contributed by atoms with E-state index in [1.807, 2.05) is 66.4 Å². The van der Waals surface area contributed by atoms with Crippen LogP contribution in [0.3, 0.4) is 0 Å². The van der Waals surface area contributed by atoms with Gasteiger partial charge >= 0.3 is 0 Å². The number of benzene rings is 3. The Morgan fingerprint density at radius 3 is 2.74 bits per heavy atom. The molecule has 1 N–H and O–H groups in total. The minimum Gasteiger partial charge on any atom is -0.486 e. The Hall–Kier alpha value is -4.04. The van der Waals surface area contributed by atoms with Gasteiger partial charge in [0.1, 0.15) is 28.9 Å². The Bertz CT molecular complexity index is 1440. The van der Waals surface area contributed by atoms with Gasteiger partial charge in [-0.2, -0.15) is 0 Å². The van der Waals surface area contributed by atoms with E-state index in [9.17, 15) is 14.0 Å². The summed E-state index contributed by atoms with van der Waals surface area (Å²) in [6.07, 6.45) is 1.10. The van der Waals surface area contributed by atoms with Crippen molar-refractivity contribution in [3.8, 4) is 5.75 Å². The van der Waals surface area contributed by atoms with Gasteiger partial charge in [0.05, 0.1) is 6.04 Å². The highest BCUT2D eigenvalue weighted by Gasteiger charge is 2.32. The minimum absolute atomic E-state index is 0.0251. The molecular formula is C30H28FN3O3S. The smallest absolute Gasteiger partial charge is 0.271 e. The van der Waals surface area contributed by atoms with Crippen LogP contribution in [-0.2, 0) is 24.4 Å². The zero-order chi connectivity index (χ0) is 26.5. The van der Waals surface area contributed by atoms with Gasteiger partial charge in [-0.25, -0.2) is 9.37 Å². The van der Waals surface area contributed by atoms with Crippen LogP contribution in [0.5, 0.6) is 5.75 Å². The second kappa shape index (κ2) is 11.6. The number of halogens is 1. The summed E-state index contributed by atoms with van der Waals surface area (Å²) in [5, 5.41) is 5.28. The van der Waals surface area contributed by atoms with Crippen LogP contribution in [-0.4, -0.2) is 28.2 Å². The molecule has 38 heavy (non-hydrogen) atoms. The number of amides is 2. The fourth-order valence-corrected chi connectivity index (χ4v) is 5.37. The van der Waals surface area contributed by atoms with E-state index in [1.165, 1.54) is 23.5 Å². The van der Waals surface area contributed by atoms with Crippen molar-refractivity contribution in [1.82, 2.24) is 15.2 Å². The van der Waals surface area contributed by atoms with Crippen molar-refractivity contribution in [2.75, 3.05) is 6.54 Å². The van der Waals surface area contributed by atoms with E-state index in [0.29, 0.717) is 36.0 Å². The molecule has 2 heterocycles. The lowest BCUT2D eigenvalue weighted by atomic mass is 9.87. The third-order valence-electron chi connectivity index (χ3n) is 6.58. The van der Waals surface area contributed by atoms with E-state index in [-0.39, 0.29) is 30.3 Å². The topological polar surface area (TPSA) is 71.5 Å². The summed E-state index contributed by atoms with van der Waals surface area (Å²) in [4.78, 5) is 31.5. The van der Waals surface area contributed by atoms with Crippen LogP contribution in [0, 0.1) is 5.82 Å². The number of fused-ring (bicyclic) bond motifs is 1. The highest BCUT2D eigenvalue weighted by molar-refractivity contribution is 7.09. The number of ether oxygens (including phenoxy) is 1. The molecule has 0 spiro atoms. The van der Waals surface area contributed by atoms with E-state index in [4.69, 9.17) is 4.74 Å². The Balaban J connectivity index is 1.30. The molecule has 0 aliphatic carbocycles. The van der Waals surface area contributed by atoms with Crippen LogP contribution in [0.2, 0.25) is 0 Å². The average molecular weight is 530 g/mol. The van der Waals surface area contributed by atoms with Crippen LogP contribution in [0.1, 0.15) is 57.1 Å². The lowest BCUT2D eigenvalue weighted by Crippen LogP contribution is -2.40. The predicted molar refractivity (Wildman–Crippen MR) is 144 cm³/mol. The van der Waals surface area contributed by atoms with Crippen molar-refractivity contribution < 1.29 is 18.7 Å². The number of hydrogen-bond acceptors (Lipinski definition) is 5. The zero-order valence-electron chi connectivity index (χ0n) is 21.0. The normalized spacial score (nSPS) is 14.6. The number of rotatable bonds is 8. The van der Waals surface area contributed by atoms with Gasteiger partial charge in [-0.05, 0) is 52.9 Å². The summed E-state index contributed by atoms with van der Waals surface area (Å²) in [5.74, 6) is 0.0837. The van der Waals surface area contributed by atoms with Crippen molar-refractivity contribution in [1.29, 1.82) is 0 Å². The summed E-state index contributed by atoms with van der Waals surface area (Å²) in [6.45, 7) is 3.05. The van der Waals surface area contributed by atoms with Crippen molar-refractivity contribution in [2.45, 2.75) is 39.0 Å². The van der Waals surface area contributed by atoms with E-state index in [1.54, 1.807) is 11.4 Å². The van der Waals surface area contributed by atoms with Crippen LogP contribution < -0.4 is 10.1 Å². The quantitative estimate of drug-likeness (QED) is 0.319. The first-order valence-electron chi connectivity index (χ1n) is 12.6. The molecular weight excluding hydrogens is 501 g/mol. The molecule has 5 rings (SSSR count). The Labute approximate surface area is 225 Å². The minimum atomic E-state index is -0.384. The van der Waals surface area contributed by atoms with Crippen LogP contribution in [0.25, 0.3) is 0 Å². The van der Waals surface area contributed by atoms with Gasteiger partial charge < -0.3 is 15.0 Å². The standard InChI is InChI=1S/C30H28FN3O3S/c1-2-28(35)34-14-13-21-11-12-24(16-25(21)29(34)22-9-6-10-23(31)15-22)37-18-27-33-26(19-38-27)30(36)32-17-20-7-4-3-5-8-20/h3-12,15-16,19,29H,2,13-14,17-18H2,1H3,(H,32,36). The lowest BCUT2D eigenvalue weighted by Gasteiger charge is -2.38. The van der Waals surface area contributed by atoms with E-state index >= 15 is 0 Å². The second-order valence-corrected chi connectivity index (χ2v) is 10.0. The average Bonchev–Trinajstić information content (AvgIpc) is 3.43. The number of nitrogens with zero attached hydrogens (tertiary/aromatic N) is 2. The number of carbonyl (C=O) groups excluding carboxylic acids is 2. The highest BCUT2D eigenvalue weighted by atomic mass is 32.1. The molecule has 194 valence electrons. The fraction of sp³-hybridized carbons (Fsp3) is 0.233. The summed E-state index contributed by atoms with van der Waals surface area (Å²) in [5.41, 5.74) is 4.15. The second-order valence-electron chi connectivity index (χ2n) is 9.09. The van der Waals surface area contributed by atoms with Gasteiger partial charge in [-0.3, -0.25) is 9.59 Å². The van der Waals surface area contributed by atoms with Gasteiger partial charge in [-0.15, -0.1) is 11.3 Å². The maximum absolute atomic E-state index is 14.1. The molecule has 0 radical (unpaired) electrons. The SMILES string of the molecule is CCC(=O)N1CCc2ccc(OCc3nc(C(=O)NCc4ccccc4)cs3)cc2C1c1cccc(F)c1. The number of aromatic nitrogens is 1. The van der Waals surface area contributed by atoms with Crippen molar-refractivity contribution in [3.05, 3.63) is 117 Å². The molecule has 0 saturated heterocycles. The van der Waals surface area contributed by atoms with Crippen LogP contribution in [0.15, 0.2) is 78.2 Å². The van der Waals surface area contributed by atoms with Crippen molar-refractivity contribution >= 4 is 23.2 Å². The number of nitrogens with one attached hydrogen (secondary N) is 1. The molecule has 1 aliphatic rings. The third-order valence-corrected chi connectivity index (χ3v) is 7.40. The lowest BCUT2D eigenvalue weighted by molar-refractivity contribution is -0.132. The summed E-state index contributed by atoms with van der Waals surface area (Å²) < 4.78 is 20.2. The summed E-state index contributed by atoms with van der Waals surface area (Å²) in [7, 11) is 0. The van der Waals surface area contributed by atoms with Gasteiger partial charge in [0.15, 0.2) is 0 Å². The van der Waals surface area contributed by atoms with Gasteiger partial charge in [0, 0.05) is 24.9 Å². The molecule has 1 aromatic heterocycles. The molecule has 0 bridgehead atoms. The first kappa shape index (κ1) is 25.6. The fourth-order valence-electron chi connectivity index (χ4n) is 4.69. The highest BCUT2D eigenvalue weighted by Crippen LogP contribution is 2.38. The molecule has 0 fully saturated rings. The number of thiazole rings is 1. The Morgan fingerprint density at radius 2 is 1.95 bits per heavy atom. The first-order chi connectivity index (χ1) is 18.5. The summed E-state index contributed by atoms with van der Waals surface area (Å²) >= 11 is 1.36. The molecule has 2 amide bonds. The van der Waals surface area contributed by atoms with Gasteiger partial charge in [0.2, 0.25) is 5.91 Å². The number of hydrogen-bond donors (Lipinski definition) is 1. The largest absolute Gasteiger partial charge is 0.486 e. The first-order valence-corrected chi connectivity index (χ1v) is 13.5. The van der Waals surface area contributed by atoms with Crippen molar-refractivity contribution in [3.63, 3.8) is 0 Å². The molecule has 1 aliphatic heterocycles. The third kappa shape index (κ3) is 5.75. The van der Waals surface area contributed by atoms with Gasteiger partial charge in [-0.1, -0.05) is 55.5 Å². The maximum atomic E-state index is 14.1. The van der Waals surface area contributed by atoms with E-state index in [2.05, 4.69) is 10.3 Å². The number of carbonyl (C=O) groups is 2. The van der Waals surface area contributed by atoms with Gasteiger partial charge in [0.25, 0.3) is 5.91 Å². The zero-order valence-corrected chi connectivity index (χ0v) is 21.8. The maximum Gasteiger partial charge on any atom is 0.271 e. The molecule has 1 atom stereocenters. The van der Waals surface area contributed by atoms with Crippen molar-refractivity contribution in [2.24, 2.45) is 0 Å². The Kier molecular flexibility index (Phi) is 7.79. The predicted octanol–water partition coefficient (Wildman–Crippen LogP) is 5.68. The summed E-state index contributed by atoms with van der Waals surface area (Å²) in [6, 6.07) is 21.6. The van der Waals surface area contributed by atoms with Crippen LogP contribution >= 0.6 is 11.3 Å². The molecule has 3 aromatic carbocycles. The monoisotopic (exact) mass is 529 g/mol.